The van der Waals surface area contributed by atoms with E-state index < -0.39 is 13.0 Å². The molecule has 196 valence electrons. The van der Waals surface area contributed by atoms with Crippen molar-refractivity contribution in [3.63, 3.8) is 0 Å². The predicted octanol–water partition coefficient (Wildman–Crippen LogP) is 3.64. The van der Waals surface area contributed by atoms with Gasteiger partial charge in [-0.15, -0.1) is 0 Å². The second-order valence-corrected chi connectivity index (χ2v) is 9.31. The molecule has 1 unspecified atom stereocenters. The number of alkyl halides is 2. The summed E-state index contributed by atoms with van der Waals surface area (Å²) in [5.41, 5.74) is 1.84. The quantitative estimate of drug-likeness (QED) is 0.389. The molecule has 0 bridgehead atoms. The van der Waals surface area contributed by atoms with Crippen molar-refractivity contribution in [2.24, 2.45) is 0 Å². The van der Waals surface area contributed by atoms with Crippen LogP contribution in [0, 0.1) is 6.92 Å². The fourth-order valence-corrected chi connectivity index (χ4v) is 4.19. The van der Waals surface area contributed by atoms with Gasteiger partial charge in [-0.05, 0) is 36.9 Å². The van der Waals surface area contributed by atoms with Gasteiger partial charge in [-0.25, -0.2) is 13.8 Å². The van der Waals surface area contributed by atoms with Crippen LogP contribution >= 0.6 is 11.8 Å². The van der Waals surface area contributed by atoms with Crippen molar-refractivity contribution in [1.82, 2.24) is 20.1 Å². The lowest BCUT2D eigenvalue weighted by Crippen LogP contribution is -2.42. The highest BCUT2D eigenvalue weighted by molar-refractivity contribution is 7.99. The van der Waals surface area contributed by atoms with Crippen LogP contribution in [0.1, 0.15) is 28.0 Å². The van der Waals surface area contributed by atoms with Crippen molar-refractivity contribution in [1.29, 1.82) is 0 Å². The van der Waals surface area contributed by atoms with Gasteiger partial charge in [0.25, 0.3) is 12.3 Å². The first-order valence-electron chi connectivity index (χ1n) is 11.6. The summed E-state index contributed by atoms with van der Waals surface area (Å²) >= 11 is 1.37. The summed E-state index contributed by atoms with van der Waals surface area (Å²) in [5.74, 6) is 1.19. The second-order valence-electron chi connectivity index (χ2n) is 8.45. The van der Waals surface area contributed by atoms with Gasteiger partial charge >= 0.3 is 0 Å². The Bertz CT molecular complexity index is 1250. The zero-order valence-electron chi connectivity index (χ0n) is 20.4. The smallest absolute Gasteiger partial charge is 0.272 e. The van der Waals surface area contributed by atoms with Crippen LogP contribution in [-0.2, 0) is 11.2 Å². The molecule has 12 heteroatoms. The van der Waals surface area contributed by atoms with E-state index in [0.29, 0.717) is 47.2 Å². The number of carbonyl (C=O) groups is 2. The van der Waals surface area contributed by atoms with Crippen LogP contribution in [0.15, 0.2) is 42.6 Å². The van der Waals surface area contributed by atoms with Crippen molar-refractivity contribution in [2.75, 3.05) is 30.5 Å². The van der Waals surface area contributed by atoms with Crippen molar-refractivity contribution < 1.29 is 27.8 Å². The van der Waals surface area contributed by atoms with Crippen LogP contribution in [0.5, 0.6) is 11.5 Å². The Morgan fingerprint density at radius 2 is 2.05 bits per heavy atom. The van der Waals surface area contributed by atoms with E-state index in [2.05, 4.69) is 20.7 Å². The van der Waals surface area contributed by atoms with Gasteiger partial charge < -0.3 is 20.1 Å². The van der Waals surface area contributed by atoms with Crippen LogP contribution in [-0.4, -0.2) is 64.3 Å². The number of hydrogen-bond acceptors (Lipinski definition) is 7. The normalized spacial score (nSPS) is 14.7. The lowest BCUT2D eigenvalue weighted by Gasteiger charge is -2.23. The molecule has 3 aromatic rings. The minimum Gasteiger partial charge on any atom is -0.493 e. The zero-order valence-corrected chi connectivity index (χ0v) is 21.2. The Balaban J connectivity index is 1.47. The standard InChI is InChI=1S/C25H27F2N5O4S/c1-15-6-7-21(28-12-15)32-24(30-22(33)14-37-2)23-19(31-32)10-16(29-25(23)34)8-9-35-17-4-3-5-18(11-17)36-13-20(26)27/h3-7,11-12,16,20H,8-10,13-14H2,1-2H3,(H,29,34)(H,30,33). The largest absolute Gasteiger partial charge is 0.493 e. The van der Waals surface area contributed by atoms with Crippen LogP contribution in [0.25, 0.3) is 5.82 Å². The number of hydrogen-bond donors (Lipinski definition) is 2. The number of ether oxygens (including phenoxy) is 2. The molecule has 3 heterocycles. The molecule has 1 aliphatic rings. The number of anilines is 1. The van der Waals surface area contributed by atoms with Crippen LogP contribution in [0.2, 0.25) is 0 Å². The highest BCUT2D eigenvalue weighted by Crippen LogP contribution is 2.28. The number of halogens is 2. The highest BCUT2D eigenvalue weighted by atomic mass is 32.2. The first-order chi connectivity index (χ1) is 17.8. The number of pyridine rings is 1. The van der Waals surface area contributed by atoms with Crippen LogP contribution < -0.4 is 20.1 Å². The molecule has 0 aliphatic carbocycles. The maximum Gasteiger partial charge on any atom is 0.272 e. The molecule has 0 fully saturated rings. The van der Waals surface area contributed by atoms with Gasteiger partial charge in [0.05, 0.1) is 18.1 Å². The topological polar surface area (TPSA) is 107 Å². The highest BCUT2D eigenvalue weighted by Gasteiger charge is 2.33. The lowest BCUT2D eigenvalue weighted by atomic mass is 9.99. The minimum absolute atomic E-state index is 0.233. The molecule has 0 saturated carbocycles. The molecule has 1 aliphatic heterocycles. The Labute approximate surface area is 216 Å². The van der Waals surface area contributed by atoms with E-state index in [9.17, 15) is 18.4 Å². The van der Waals surface area contributed by atoms with E-state index in [0.717, 1.165) is 5.56 Å². The van der Waals surface area contributed by atoms with E-state index in [4.69, 9.17) is 9.47 Å². The number of carbonyl (C=O) groups excluding carboxylic acids is 2. The van der Waals surface area contributed by atoms with Crippen molar-refractivity contribution in [2.45, 2.75) is 32.2 Å². The van der Waals surface area contributed by atoms with Crippen LogP contribution in [0.3, 0.4) is 0 Å². The van der Waals surface area contributed by atoms with Gasteiger partial charge in [0.2, 0.25) is 5.91 Å². The first-order valence-corrected chi connectivity index (χ1v) is 13.0. The SMILES string of the molecule is CSCC(=O)Nc1c2c(nn1-c1ccc(C)cn1)CC(CCOc1cccc(OCC(F)F)c1)NC2=O. The van der Waals surface area contributed by atoms with Gasteiger partial charge in [-0.2, -0.15) is 21.5 Å². The van der Waals surface area contributed by atoms with Gasteiger partial charge in [0.15, 0.2) is 11.6 Å². The lowest BCUT2D eigenvalue weighted by molar-refractivity contribution is -0.113. The molecule has 1 atom stereocenters. The maximum absolute atomic E-state index is 13.1. The average molecular weight is 532 g/mol. The number of nitrogens with zero attached hydrogens (tertiary/aromatic N) is 3. The monoisotopic (exact) mass is 531 g/mol. The van der Waals surface area contributed by atoms with E-state index in [1.54, 1.807) is 36.5 Å². The van der Waals surface area contributed by atoms with E-state index in [-0.39, 0.29) is 30.2 Å². The molecule has 1 aromatic carbocycles. The molecular formula is C25H27F2N5O4S. The Hall–Kier alpha value is -3.67. The van der Waals surface area contributed by atoms with E-state index >= 15 is 0 Å². The third kappa shape index (κ3) is 6.76. The number of aromatic nitrogens is 3. The number of thioether (sulfide) groups is 1. The molecule has 0 saturated heterocycles. The molecule has 0 spiro atoms. The summed E-state index contributed by atoms with van der Waals surface area (Å²) in [6.07, 6.45) is 1.87. The minimum atomic E-state index is -2.56. The predicted molar refractivity (Wildman–Crippen MR) is 136 cm³/mol. The molecule has 2 N–H and O–H groups in total. The van der Waals surface area contributed by atoms with Crippen molar-refractivity contribution in [3.05, 3.63) is 59.4 Å². The zero-order chi connectivity index (χ0) is 26.4. The van der Waals surface area contributed by atoms with Crippen molar-refractivity contribution >= 4 is 29.4 Å². The summed E-state index contributed by atoms with van der Waals surface area (Å²) in [4.78, 5) is 29.9. The summed E-state index contributed by atoms with van der Waals surface area (Å²) in [6.45, 7) is 1.50. The molecule has 9 nitrogen and oxygen atoms in total. The molecule has 2 aromatic heterocycles. The Kier molecular flexibility index (Phi) is 8.59. The Morgan fingerprint density at radius 3 is 2.76 bits per heavy atom. The Morgan fingerprint density at radius 1 is 1.27 bits per heavy atom. The number of rotatable bonds is 11. The molecular weight excluding hydrogens is 504 g/mol. The van der Waals surface area contributed by atoms with Crippen molar-refractivity contribution in [3.8, 4) is 17.3 Å². The number of nitrogens with one attached hydrogen (secondary N) is 2. The number of fused-ring (bicyclic) bond motifs is 1. The van der Waals surface area contributed by atoms with Gasteiger partial charge in [0.1, 0.15) is 23.7 Å². The maximum atomic E-state index is 13.1. The average Bonchev–Trinajstić information content (AvgIpc) is 3.22. The molecule has 4 rings (SSSR count). The fourth-order valence-electron chi connectivity index (χ4n) is 3.86. The number of aryl methyl sites for hydroxylation is 1. The third-order valence-corrected chi connectivity index (χ3v) is 6.07. The summed E-state index contributed by atoms with van der Waals surface area (Å²) < 4.78 is 37.0. The fraction of sp³-hybridized carbons (Fsp3) is 0.360. The second kappa shape index (κ2) is 12.0. The van der Waals surface area contributed by atoms with Gasteiger partial charge in [0, 0.05) is 31.1 Å². The number of benzene rings is 1. The summed E-state index contributed by atoms with van der Waals surface area (Å²) in [7, 11) is 0. The van der Waals surface area contributed by atoms with Gasteiger partial charge in [-0.1, -0.05) is 12.1 Å². The third-order valence-electron chi connectivity index (χ3n) is 5.52. The van der Waals surface area contributed by atoms with E-state index in [1.807, 2.05) is 19.2 Å². The molecule has 37 heavy (non-hydrogen) atoms. The van der Waals surface area contributed by atoms with Gasteiger partial charge in [-0.3, -0.25) is 9.59 Å². The van der Waals surface area contributed by atoms with E-state index in [1.165, 1.54) is 16.4 Å². The number of amides is 2. The van der Waals surface area contributed by atoms with Crippen LogP contribution in [0.4, 0.5) is 14.6 Å². The summed E-state index contributed by atoms with van der Waals surface area (Å²) in [6, 6.07) is 9.88. The first kappa shape index (κ1) is 26.4. The molecule has 0 radical (unpaired) electrons. The molecule has 2 amide bonds. The summed E-state index contributed by atoms with van der Waals surface area (Å²) in [5, 5.41) is 10.4.